The molecule has 0 spiro atoms. The molecule has 27 heavy (non-hydrogen) atoms. The van der Waals surface area contributed by atoms with E-state index in [1.54, 1.807) is 29.2 Å². The Morgan fingerprint density at radius 2 is 2.04 bits per heavy atom. The Balaban J connectivity index is 1.41. The quantitative estimate of drug-likeness (QED) is 0.815. The lowest BCUT2D eigenvalue weighted by molar-refractivity contribution is -0.132. The van der Waals surface area contributed by atoms with Crippen LogP contribution in [0.3, 0.4) is 0 Å². The second-order valence-corrected chi connectivity index (χ2v) is 6.80. The van der Waals surface area contributed by atoms with E-state index in [0.717, 1.165) is 0 Å². The monoisotopic (exact) mass is 390 g/mol. The molecule has 6 nitrogen and oxygen atoms in total. The fourth-order valence-electron chi connectivity index (χ4n) is 3.26. The molecule has 1 N–H and O–H groups in total. The molecule has 140 valence electrons. The van der Waals surface area contributed by atoms with E-state index >= 15 is 0 Å². The maximum atomic E-state index is 13.4. The van der Waals surface area contributed by atoms with Gasteiger partial charge in [-0.3, -0.25) is 9.59 Å². The second kappa shape index (κ2) is 7.08. The average molecular weight is 391 g/mol. The Labute approximate surface area is 159 Å². The minimum atomic E-state index is -0.778. The molecule has 0 bridgehead atoms. The van der Waals surface area contributed by atoms with Crippen LogP contribution < -0.4 is 19.7 Å². The lowest BCUT2D eigenvalue weighted by atomic mass is 10.1. The third kappa shape index (κ3) is 3.55. The number of anilines is 1. The van der Waals surface area contributed by atoms with Crippen molar-refractivity contribution in [2.75, 3.05) is 18.2 Å². The minimum absolute atomic E-state index is 0.101. The highest BCUT2D eigenvalue weighted by molar-refractivity contribution is 6.30. The first-order valence-corrected chi connectivity index (χ1v) is 8.83. The number of hydrogen-bond donors (Lipinski definition) is 1. The van der Waals surface area contributed by atoms with Crippen LogP contribution in [0.4, 0.5) is 10.1 Å². The Hall–Kier alpha value is -2.80. The lowest BCUT2D eigenvalue weighted by Gasteiger charge is -2.17. The summed E-state index contributed by atoms with van der Waals surface area (Å²) in [6.45, 7) is 0.689. The summed E-state index contributed by atoms with van der Waals surface area (Å²) < 4.78 is 24.0. The van der Waals surface area contributed by atoms with Crippen molar-refractivity contribution in [3.8, 4) is 11.5 Å². The van der Waals surface area contributed by atoms with Gasteiger partial charge in [0.2, 0.25) is 18.6 Å². The summed E-state index contributed by atoms with van der Waals surface area (Å²) in [6, 6.07) is 9.29. The van der Waals surface area contributed by atoms with Gasteiger partial charge in [-0.2, -0.15) is 0 Å². The van der Waals surface area contributed by atoms with Crippen molar-refractivity contribution in [1.29, 1.82) is 0 Å². The van der Waals surface area contributed by atoms with Crippen molar-refractivity contribution < 1.29 is 23.5 Å². The van der Waals surface area contributed by atoms with E-state index in [4.69, 9.17) is 21.1 Å². The molecule has 1 unspecified atom stereocenters. The van der Waals surface area contributed by atoms with Crippen molar-refractivity contribution in [3.05, 3.63) is 52.8 Å². The highest BCUT2D eigenvalue weighted by Gasteiger charge is 2.37. The number of hydrogen-bond acceptors (Lipinski definition) is 4. The van der Waals surface area contributed by atoms with Crippen LogP contribution in [-0.2, 0) is 16.1 Å². The number of nitrogens with one attached hydrogen (secondary N) is 1. The minimum Gasteiger partial charge on any atom is -0.454 e. The normalized spacial score (nSPS) is 18.1. The Morgan fingerprint density at radius 3 is 2.85 bits per heavy atom. The lowest BCUT2D eigenvalue weighted by Crippen LogP contribution is -2.36. The van der Waals surface area contributed by atoms with Crippen LogP contribution in [0.2, 0.25) is 5.02 Å². The van der Waals surface area contributed by atoms with Gasteiger partial charge in [0.05, 0.1) is 0 Å². The predicted molar refractivity (Wildman–Crippen MR) is 96.3 cm³/mol. The summed E-state index contributed by atoms with van der Waals surface area (Å²) in [5, 5.41) is 2.94. The molecule has 0 aromatic heterocycles. The molecule has 2 aliphatic rings. The van der Waals surface area contributed by atoms with Crippen molar-refractivity contribution in [3.63, 3.8) is 0 Å². The molecule has 2 aromatic rings. The number of fused-ring (bicyclic) bond motifs is 1. The van der Waals surface area contributed by atoms with Gasteiger partial charge in [-0.25, -0.2) is 4.39 Å². The van der Waals surface area contributed by atoms with Gasteiger partial charge in [0.1, 0.15) is 11.7 Å². The van der Waals surface area contributed by atoms with E-state index in [9.17, 15) is 14.0 Å². The van der Waals surface area contributed by atoms with E-state index in [2.05, 4.69) is 5.32 Å². The average Bonchev–Trinajstić information content (AvgIpc) is 3.24. The molecule has 8 heteroatoms. The van der Waals surface area contributed by atoms with E-state index in [1.807, 2.05) is 0 Å². The maximum Gasteiger partial charge on any atom is 0.239 e. The molecule has 2 aromatic carbocycles. The van der Waals surface area contributed by atoms with E-state index < -0.39 is 11.7 Å². The van der Waals surface area contributed by atoms with Crippen LogP contribution in [0, 0.1) is 11.7 Å². The highest BCUT2D eigenvalue weighted by atomic mass is 35.5. The standard InChI is InChI=1S/C19H16ClFN2O4/c20-12-5-11(6-13(21)7-12)9-22-18(24)15-3-4-23(19(15)25)14-1-2-16-17(8-14)27-10-26-16/h1-2,5-8,15H,3-4,9-10H2,(H,22,24). The Bertz CT molecular complexity index is 900. The SMILES string of the molecule is O=C(NCc1cc(F)cc(Cl)c1)C1CCN(c2ccc3c(c2)OCO3)C1=O. The van der Waals surface area contributed by atoms with Crippen molar-refractivity contribution >= 4 is 29.1 Å². The first-order chi connectivity index (χ1) is 13.0. The van der Waals surface area contributed by atoms with Gasteiger partial charge >= 0.3 is 0 Å². The fourth-order valence-corrected chi connectivity index (χ4v) is 3.50. The third-order valence-corrected chi connectivity index (χ3v) is 4.80. The second-order valence-electron chi connectivity index (χ2n) is 6.36. The molecule has 1 atom stereocenters. The number of ether oxygens (including phenoxy) is 2. The van der Waals surface area contributed by atoms with Gasteiger partial charge in [0, 0.05) is 29.9 Å². The summed E-state index contributed by atoms with van der Waals surface area (Å²) in [7, 11) is 0. The zero-order valence-electron chi connectivity index (χ0n) is 14.2. The molecule has 2 aliphatic heterocycles. The van der Waals surface area contributed by atoms with Crippen molar-refractivity contribution in [2.45, 2.75) is 13.0 Å². The molecular formula is C19H16ClFN2O4. The molecule has 1 saturated heterocycles. The first-order valence-electron chi connectivity index (χ1n) is 8.45. The van der Waals surface area contributed by atoms with Gasteiger partial charge in [-0.05, 0) is 42.3 Å². The van der Waals surface area contributed by atoms with Crippen LogP contribution in [0.15, 0.2) is 36.4 Å². The number of carbonyl (C=O) groups is 2. The van der Waals surface area contributed by atoms with Gasteiger partial charge in [-0.15, -0.1) is 0 Å². The number of carbonyl (C=O) groups excluding carboxylic acids is 2. The topological polar surface area (TPSA) is 67.9 Å². The molecule has 0 saturated carbocycles. The number of benzene rings is 2. The zero-order chi connectivity index (χ0) is 19.0. The Kier molecular flexibility index (Phi) is 4.61. The van der Waals surface area contributed by atoms with Gasteiger partial charge in [0.25, 0.3) is 0 Å². The number of rotatable bonds is 4. The summed E-state index contributed by atoms with van der Waals surface area (Å²) in [4.78, 5) is 26.7. The van der Waals surface area contributed by atoms with Crippen LogP contribution in [0.5, 0.6) is 11.5 Å². The molecule has 1 fully saturated rings. The van der Waals surface area contributed by atoms with Gasteiger partial charge < -0.3 is 19.7 Å². The molecular weight excluding hydrogens is 375 g/mol. The largest absolute Gasteiger partial charge is 0.454 e. The van der Waals surface area contributed by atoms with Gasteiger partial charge in [-0.1, -0.05) is 11.6 Å². The van der Waals surface area contributed by atoms with Crippen LogP contribution in [-0.4, -0.2) is 25.2 Å². The third-order valence-electron chi connectivity index (χ3n) is 4.58. The predicted octanol–water partition coefficient (Wildman–Crippen LogP) is 2.88. The van der Waals surface area contributed by atoms with E-state index in [0.29, 0.717) is 35.7 Å². The number of nitrogens with zero attached hydrogens (tertiary/aromatic N) is 1. The maximum absolute atomic E-state index is 13.4. The Morgan fingerprint density at radius 1 is 1.22 bits per heavy atom. The van der Waals surface area contributed by atoms with E-state index in [-0.39, 0.29) is 30.2 Å². The highest BCUT2D eigenvalue weighted by Crippen LogP contribution is 2.37. The summed E-state index contributed by atoms with van der Waals surface area (Å²) >= 11 is 5.81. The van der Waals surface area contributed by atoms with Gasteiger partial charge in [0.15, 0.2) is 11.5 Å². The van der Waals surface area contributed by atoms with Crippen LogP contribution >= 0.6 is 11.6 Å². The number of amides is 2. The van der Waals surface area contributed by atoms with Crippen molar-refractivity contribution in [1.82, 2.24) is 5.32 Å². The van der Waals surface area contributed by atoms with Crippen LogP contribution in [0.25, 0.3) is 0 Å². The molecule has 0 radical (unpaired) electrons. The fraction of sp³-hybridized carbons (Fsp3) is 0.263. The molecule has 2 heterocycles. The smallest absolute Gasteiger partial charge is 0.239 e. The summed E-state index contributed by atoms with van der Waals surface area (Å²) in [6.07, 6.45) is 0.406. The van der Waals surface area contributed by atoms with Crippen LogP contribution in [0.1, 0.15) is 12.0 Å². The number of halogens is 2. The summed E-state index contributed by atoms with van der Waals surface area (Å²) in [5.74, 6) is -0.700. The molecule has 2 amide bonds. The zero-order valence-corrected chi connectivity index (χ0v) is 15.0. The van der Waals surface area contributed by atoms with Crippen molar-refractivity contribution in [2.24, 2.45) is 5.92 Å². The molecule has 4 rings (SSSR count). The summed E-state index contributed by atoms with van der Waals surface area (Å²) in [5.41, 5.74) is 1.20. The first kappa shape index (κ1) is 17.6. The van der Waals surface area contributed by atoms with E-state index in [1.165, 1.54) is 12.1 Å². The molecule has 0 aliphatic carbocycles.